The molecule has 0 heterocycles. The molecular weight excluding hydrogens is 230 g/mol. The van der Waals surface area contributed by atoms with Gasteiger partial charge in [-0.15, -0.1) is 0 Å². The van der Waals surface area contributed by atoms with Gasteiger partial charge in [-0.25, -0.2) is 4.79 Å². The average Bonchev–Trinajstić information content (AvgIpc) is 2.31. The molecule has 0 saturated heterocycles. The lowest BCUT2D eigenvalue weighted by Crippen LogP contribution is -2.45. The zero-order valence-corrected chi connectivity index (χ0v) is 11.2. The minimum Gasteiger partial charge on any atom is -0.464 e. The molecule has 96 valence electrons. The minimum absolute atomic E-state index is 0.147. The summed E-state index contributed by atoms with van der Waals surface area (Å²) in [6.07, 6.45) is 0.733. The van der Waals surface area contributed by atoms with Crippen LogP contribution in [0, 0.1) is 0 Å². The van der Waals surface area contributed by atoms with E-state index >= 15 is 0 Å². The van der Waals surface area contributed by atoms with Crippen LogP contribution in [0.1, 0.15) is 13.3 Å². The molecule has 0 fully saturated rings. The fraction of sp³-hybridized carbons (Fsp3) is 0.889. The van der Waals surface area contributed by atoms with E-state index in [4.69, 9.17) is 23.7 Å². The maximum absolute atomic E-state index is 11.1. The van der Waals surface area contributed by atoms with Crippen molar-refractivity contribution in [2.45, 2.75) is 19.4 Å². The van der Waals surface area contributed by atoms with E-state index in [1.54, 1.807) is 6.92 Å². The van der Waals surface area contributed by atoms with Crippen molar-refractivity contribution in [1.82, 2.24) is 0 Å². The molecule has 0 aliphatic rings. The Bertz CT molecular complexity index is 198. The number of carbonyl (C=O) groups excluding carboxylic acids is 1. The van der Waals surface area contributed by atoms with Gasteiger partial charge in [-0.2, -0.15) is 0 Å². The first kappa shape index (κ1) is 15.5. The van der Waals surface area contributed by atoms with Gasteiger partial charge in [0.2, 0.25) is 0 Å². The third-order valence-corrected chi connectivity index (χ3v) is 4.82. The molecule has 0 unspecified atom stereocenters. The zero-order valence-electron chi connectivity index (χ0n) is 10.2. The number of hydrogen-bond donors (Lipinski definition) is 1. The second-order valence-electron chi connectivity index (χ2n) is 3.08. The van der Waals surface area contributed by atoms with Gasteiger partial charge in [-0.3, -0.25) is 0 Å². The van der Waals surface area contributed by atoms with E-state index in [2.05, 4.69) is 0 Å². The standard InChI is InChI=1S/C9H21NO5Si/c1-4-14-9(11)8-15-16(12-2,13-3)7-5-6-10/h4-8,10H2,1-3H3. The highest BCUT2D eigenvalue weighted by Crippen LogP contribution is 2.15. The highest BCUT2D eigenvalue weighted by molar-refractivity contribution is 6.60. The first-order chi connectivity index (χ1) is 7.64. The Morgan fingerprint density at radius 1 is 1.31 bits per heavy atom. The molecule has 0 radical (unpaired) electrons. The maximum Gasteiger partial charge on any atom is 0.500 e. The van der Waals surface area contributed by atoms with Crippen molar-refractivity contribution >= 4 is 14.8 Å². The van der Waals surface area contributed by atoms with Gasteiger partial charge in [0.05, 0.1) is 6.61 Å². The average molecular weight is 251 g/mol. The van der Waals surface area contributed by atoms with Gasteiger partial charge < -0.3 is 23.7 Å². The first-order valence-corrected chi connectivity index (χ1v) is 7.17. The summed E-state index contributed by atoms with van der Waals surface area (Å²) in [5.74, 6) is -0.416. The van der Waals surface area contributed by atoms with Gasteiger partial charge in [0.15, 0.2) is 0 Å². The molecule has 0 amide bonds. The van der Waals surface area contributed by atoms with Crippen LogP contribution in [0.4, 0.5) is 0 Å². The molecule has 16 heavy (non-hydrogen) atoms. The van der Waals surface area contributed by atoms with Gasteiger partial charge in [0.1, 0.15) is 6.61 Å². The molecule has 0 aromatic carbocycles. The lowest BCUT2D eigenvalue weighted by atomic mass is 10.5. The van der Waals surface area contributed by atoms with Crippen LogP contribution in [0.15, 0.2) is 0 Å². The van der Waals surface area contributed by atoms with E-state index in [-0.39, 0.29) is 6.61 Å². The third-order valence-electron chi connectivity index (χ3n) is 2.02. The van der Waals surface area contributed by atoms with Gasteiger partial charge in [-0.05, 0) is 19.9 Å². The Labute approximate surface area is 97.4 Å². The molecule has 0 rings (SSSR count). The van der Waals surface area contributed by atoms with Crippen LogP contribution in [0.2, 0.25) is 6.04 Å². The van der Waals surface area contributed by atoms with Crippen LogP contribution in [0.25, 0.3) is 0 Å². The van der Waals surface area contributed by atoms with Gasteiger partial charge in [-0.1, -0.05) is 0 Å². The number of ether oxygens (including phenoxy) is 1. The normalized spacial score (nSPS) is 11.5. The lowest BCUT2D eigenvalue weighted by molar-refractivity contribution is -0.146. The van der Waals surface area contributed by atoms with Crippen molar-refractivity contribution in [1.29, 1.82) is 0 Å². The summed E-state index contributed by atoms with van der Waals surface area (Å²) in [4.78, 5) is 11.1. The smallest absolute Gasteiger partial charge is 0.464 e. The van der Waals surface area contributed by atoms with Gasteiger partial charge in [0, 0.05) is 20.3 Å². The van der Waals surface area contributed by atoms with Crippen LogP contribution >= 0.6 is 0 Å². The second kappa shape index (κ2) is 8.65. The SMILES string of the molecule is CCOC(=O)CO[Si](CCCN)(OC)OC. The summed E-state index contributed by atoms with van der Waals surface area (Å²) in [5, 5.41) is 0. The number of hydrogen-bond acceptors (Lipinski definition) is 6. The van der Waals surface area contributed by atoms with Crippen molar-refractivity contribution in [3.63, 3.8) is 0 Å². The van der Waals surface area contributed by atoms with E-state index < -0.39 is 14.8 Å². The maximum atomic E-state index is 11.1. The molecule has 0 atom stereocenters. The first-order valence-electron chi connectivity index (χ1n) is 5.24. The highest BCUT2D eigenvalue weighted by Gasteiger charge is 2.39. The summed E-state index contributed by atoms with van der Waals surface area (Å²) in [5.41, 5.74) is 5.41. The fourth-order valence-electron chi connectivity index (χ4n) is 1.17. The monoisotopic (exact) mass is 251 g/mol. The lowest BCUT2D eigenvalue weighted by Gasteiger charge is -2.25. The summed E-state index contributed by atoms with van der Waals surface area (Å²) in [6.45, 7) is 2.46. The Kier molecular flexibility index (Phi) is 8.40. The van der Waals surface area contributed by atoms with E-state index in [1.807, 2.05) is 0 Å². The quantitative estimate of drug-likeness (QED) is 0.464. The molecule has 0 bridgehead atoms. The Balaban J connectivity index is 4.14. The third kappa shape index (κ3) is 5.57. The largest absolute Gasteiger partial charge is 0.500 e. The zero-order chi connectivity index (χ0) is 12.4. The summed E-state index contributed by atoms with van der Waals surface area (Å²) < 4.78 is 20.7. The van der Waals surface area contributed by atoms with Crippen molar-refractivity contribution in [3.05, 3.63) is 0 Å². The molecular formula is C9H21NO5Si. The fourth-order valence-corrected chi connectivity index (χ4v) is 3.10. The van der Waals surface area contributed by atoms with Crippen LogP contribution in [-0.4, -0.2) is 48.8 Å². The number of esters is 1. The predicted octanol–water partition coefficient (Wildman–Crippen LogP) is 0.147. The summed E-state index contributed by atoms with van der Waals surface area (Å²) in [7, 11) is 0.286. The molecule has 0 aliphatic heterocycles. The molecule has 2 N–H and O–H groups in total. The van der Waals surface area contributed by atoms with Gasteiger partial charge in [0.25, 0.3) is 0 Å². The van der Waals surface area contributed by atoms with E-state index in [0.29, 0.717) is 19.2 Å². The van der Waals surface area contributed by atoms with Crippen molar-refractivity contribution in [3.8, 4) is 0 Å². The van der Waals surface area contributed by atoms with E-state index in [0.717, 1.165) is 6.42 Å². The van der Waals surface area contributed by atoms with Gasteiger partial charge >= 0.3 is 14.8 Å². The van der Waals surface area contributed by atoms with Crippen molar-refractivity contribution < 1.29 is 22.8 Å². The Hall–Kier alpha value is -0.473. The number of rotatable bonds is 9. The van der Waals surface area contributed by atoms with Crippen molar-refractivity contribution in [2.75, 3.05) is 34.0 Å². The van der Waals surface area contributed by atoms with E-state index in [1.165, 1.54) is 14.2 Å². The predicted molar refractivity (Wildman–Crippen MR) is 60.8 cm³/mol. The van der Waals surface area contributed by atoms with Crippen LogP contribution in [-0.2, 0) is 22.8 Å². The minimum atomic E-state index is -2.74. The molecule has 0 saturated carbocycles. The van der Waals surface area contributed by atoms with Crippen LogP contribution in [0.3, 0.4) is 0 Å². The number of carbonyl (C=O) groups is 1. The topological polar surface area (TPSA) is 80.0 Å². The summed E-state index contributed by atoms with van der Waals surface area (Å²) in [6, 6.07) is 0.593. The summed E-state index contributed by atoms with van der Waals surface area (Å²) >= 11 is 0. The van der Waals surface area contributed by atoms with E-state index in [9.17, 15) is 4.79 Å². The molecule has 0 aliphatic carbocycles. The second-order valence-corrected chi connectivity index (χ2v) is 6.05. The van der Waals surface area contributed by atoms with Crippen molar-refractivity contribution in [2.24, 2.45) is 5.73 Å². The molecule has 0 aromatic heterocycles. The highest BCUT2D eigenvalue weighted by atomic mass is 28.4. The molecule has 0 spiro atoms. The Morgan fingerprint density at radius 3 is 2.38 bits per heavy atom. The molecule has 0 aromatic rings. The molecule has 7 heteroatoms. The Morgan fingerprint density at radius 2 is 1.94 bits per heavy atom. The van der Waals surface area contributed by atoms with Crippen LogP contribution < -0.4 is 5.73 Å². The number of nitrogens with two attached hydrogens (primary N) is 1. The van der Waals surface area contributed by atoms with Crippen LogP contribution in [0.5, 0.6) is 0 Å². The molecule has 6 nitrogen and oxygen atoms in total.